The lowest BCUT2D eigenvalue weighted by molar-refractivity contribution is -0.175. The summed E-state index contributed by atoms with van der Waals surface area (Å²) < 4.78 is 39.4. The van der Waals surface area contributed by atoms with Crippen molar-refractivity contribution in [3.8, 4) is 0 Å². The second-order valence-electron chi connectivity index (χ2n) is 4.12. The summed E-state index contributed by atoms with van der Waals surface area (Å²) in [6, 6.07) is -0.635. The molecular weight excluding hydrogens is 255 g/mol. The van der Waals surface area contributed by atoms with Gasteiger partial charge in [0.15, 0.2) is 0 Å². The summed E-state index contributed by atoms with van der Waals surface area (Å²) in [5, 5.41) is 10.9. The first-order valence-electron chi connectivity index (χ1n) is 5.27. The Bertz CT molecular complexity index is 291. The summed E-state index contributed by atoms with van der Waals surface area (Å²) in [6.07, 6.45) is -4.78. The van der Waals surface area contributed by atoms with E-state index in [1.807, 2.05) is 0 Å². The van der Waals surface area contributed by atoms with E-state index in [0.29, 0.717) is 0 Å². The Morgan fingerprint density at radius 3 is 2.28 bits per heavy atom. The number of carbonyl (C=O) groups is 2. The van der Waals surface area contributed by atoms with Crippen molar-refractivity contribution in [1.82, 2.24) is 5.32 Å². The van der Waals surface area contributed by atoms with Crippen molar-refractivity contribution in [3.63, 3.8) is 0 Å². The maximum absolute atomic E-state index is 11.7. The van der Waals surface area contributed by atoms with Gasteiger partial charge in [-0.25, -0.2) is 0 Å². The lowest BCUT2D eigenvalue weighted by atomic mass is 10.0. The molecule has 0 rings (SSSR count). The molecule has 2 N–H and O–H groups in total. The average molecular weight is 271 g/mol. The summed E-state index contributed by atoms with van der Waals surface area (Å²) in [7, 11) is 0. The number of amides is 1. The Morgan fingerprint density at radius 1 is 1.33 bits per heavy atom. The molecule has 0 saturated carbocycles. The van der Waals surface area contributed by atoms with Crippen molar-refractivity contribution in [2.75, 3.05) is 13.2 Å². The van der Waals surface area contributed by atoms with Crippen LogP contribution in [0.4, 0.5) is 13.2 Å². The predicted molar refractivity (Wildman–Crippen MR) is 55.9 cm³/mol. The third-order valence-corrected chi connectivity index (χ3v) is 2.04. The number of carbonyl (C=O) groups excluding carboxylic acids is 1. The van der Waals surface area contributed by atoms with Gasteiger partial charge < -0.3 is 15.2 Å². The zero-order valence-electron chi connectivity index (χ0n) is 10.1. The Hall–Kier alpha value is -1.31. The molecule has 0 fully saturated rings. The Kier molecular flexibility index (Phi) is 6.67. The molecule has 8 heteroatoms. The van der Waals surface area contributed by atoms with Gasteiger partial charge in [0.2, 0.25) is 5.91 Å². The van der Waals surface area contributed by atoms with Crippen LogP contribution in [0.15, 0.2) is 0 Å². The number of halogens is 3. The van der Waals surface area contributed by atoms with Crippen LogP contribution < -0.4 is 5.32 Å². The monoisotopic (exact) mass is 271 g/mol. The lowest BCUT2D eigenvalue weighted by Gasteiger charge is -2.20. The van der Waals surface area contributed by atoms with E-state index in [4.69, 9.17) is 5.11 Å². The predicted octanol–water partition coefficient (Wildman–Crippen LogP) is 1.18. The molecule has 1 unspecified atom stereocenters. The molecular formula is C10H16F3NO4. The fraction of sp³-hybridized carbons (Fsp3) is 0.800. The van der Waals surface area contributed by atoms with Crippen LogP contribution in [-0.2, 0) is 14.3 Å². The van der Waals surface area contributed by atoms with Crippen molar-refractivity contribution in [2.45, 2.75) is 32.5 Å². The highest BCUT2D eigenvalue weighted by Gasteiger charge is 2.28. The zero-order chi connectivity index (χ0) is 14.3. The molecule has 18 heavy (non-hydrogen) atoms. The van der Waals surface area contributed by atoms with Crippen LogP contribution in [0.25, 0.3) is 0 Å². The van der Waals surface area contributed by atoms with E-state index in [2.05, 4.69) is 10.1 Å². The van der Waals surface area contributed by atoms with E-state index < -0.39 is 37.3 Å². The molecule has 1 atom stereocenters. The number of aliphatic carboxylic acids is 1. The largest absolute Gasteiger partial charge is 0.481 e. The molecule has 0 aliphatic carbocycles. The van der Waals surface area contributed by atoms with Gasteiger partial charge in [-0.3, -0.25) is 9.59 Å². The van der Waals surface area contributed by atoms with Crippen molar-refractivity contribution < 1.29 is 32.6 Å². The molecule has 106 valence electrons. The molecule has 0 saturated heterocycles. The van der Waals surface area contributed by atoms with Crippen molar-refractivity contribution in [1.29, 1.82) is 0 Å². The van der Waals surface area contributed by atoms with E-state index in [1.54, 1.807) is 13.8 Å². The highest BCUT2D eigenvalue weighted by atomic mass is 19.4. The van der Waals surface area contributed by atoms with Gasteiger partial charge in [-0.15, -0.1) is 0 Å². The van der Waals surface area contributed by atoms with Crippen molar-refractivity contribution in [2.24, 2.45) is 5.92 Å². The van der Waals surface area contributed by atoms with Crippen molar-refractivity contribution in [3.05, 3.63) is 0 Å². The minimum absolute atomic E-state index is 0.146. The normalized spacial score (nSPS) is 13.4. The number of nitrogens with one attached hydrogen (secondary N) is 1. The minimum atomic E-state index is -4.49. The Morgan fingerprint density at radius 2 is 1.89 bits per heavy atom. The molecule has 1 amide bonds. The summed E-state index contributed by atoms with van der Waals surface area (Å²) in [4.78, 5) is 21.7. The van der Waals surface area contributed by atoms with Gasteiger partial charge in [-0.05, 0) is 5.92 Å². The second kappa shape index (κ2) is 7.20. The van der Waals surface area contributed by atoms with Crippen LogP contribution >= 0.6 is 0 Å². The molecule has 0 aromatic rings. The van der Waals surface area contributed by atoms with E-state index in [1.165, 1.54) is 0 Å². The van der Waals surface area contributed by atoms with Gasteiger partial charge in [0.1, 0.15) is 13.2 Å². The highest BCUT2D eigenvalue weighted by molar-refractivity contribution is 5.78. The Balaban J connectivity index is 4.07. The van der Waals surface area contributed by atoms with Crippen LogP contribution in [-0.4, -0.2) is 42.4 Å². The van der Waals surface area contributed by atoms with Gasteiger partial charge in [0.25, 0.3) is 0 Å². The first-order chi connectivity index (χ1) is 8.11. The van der Waals surface area contributed by atoms with E-state index >= 15 is 0 Å². The number of alkyl halides is 3. The number of hydrogen-bond donors (Lipinski definition) is 2. The third-order valence-electron chi connectivity index (χ3n) is 2.04. The SMILES string of the molecule is CC(C)C(CC(=O)O)NC(=O)COCC(F)(F)F. The van der Waals surface area contributed by atoms with Gasteiger partial charge in [0.05, 0.1) is 6.42 Å². The fourth-order valence-electron chi connectivity index (χ4n) is 1.15. The van der Waals surface area contributed by atoms with Crippen LogP contribution in [0.3, 0.4) is 0 Å². The van der Waals surface area contributed by atoms with Gasteiger partial charge in [-0.1, -0.05) is 13.8 Å². The summed E-state index contributed by atoms with van der Waals surface area (Å²) in [5.74, 6) is -2.00. The number of hydrogen-bond acceptors (Lipinski definition) is 3. The maximum Gasteiger partial charge on any atom is 0.411 e. The van der Waals surface area contributed by atoms with Crippen LogP contribution in [0.1, 0.15) is 20.3 Å². The molecule has 0 heterocycles. The average Bonchev–Trinajstić information content (AvgIpc) is 2.13. The summed E-state index contributed by atoms with van der Waals surface area (Å²) in [5.41, 5.74) is 0. The lowest BCUT2D eigenvalue weighted by Crippen LogP contribution is -2.42. The van der Waals surface area contributed by atoms with Gasteiger partial charge in [0, 0.05) is 6.04 Å². The molecule has 0 aromatic carbocycles. The van der Waals surface area contributed by atoms with Crippen LogP contribution in [0.2, 0.25) is 0 Å². The molecule has 5 nitrogen and oxygen atoms in total. The smallest absolute Gasteiger partial charge is 0.411 e. The van der Waals surface area contributed by atoms with Gasteiger partial charge >= 0.3 is 12.1 Å². The van der Waals surface area contributed by atoms with Crippen LogP contribution in [0, 0.1) is 5.92 Å². The third kappa shape index (κ3) is 8.80. The highest BCUT2D eigenvalue weighted by Crippen LogP contribution is 2.14. The molecule has 0 bridgehead atoms. The molecule has 0 aliphatic rings. The maximum atomic E-state index is 11.7. The standard InChI is InChI=1S/C10H16F3NO4/c1-6(2)7(3-9(16)17)14-8(15)4-18-5-10(11,12)13/h6-7H,3-5H2,1-2H3,(H,14,15)(H,16,17). The number of carboxylic acid groups (broad SMARTS) is 1. The quantitative estimate of drug-likeness (QED) is 0.729. The van der Waals surface area contributed by atoms with Crippen LogP contribution in [0.5, 0.6) is 0 Å². The molecule has 0 aromatic heterocycles. The Labute approximate surface area is 102 Å². The zero-order valence-corrected chi connectivity index (χ0v) is 10.1. The second-order valence-corrected chi connectivity index (χ2v) is 4.12. The van der Waals surface area contributed by atoms with E-state index in [9.17, 15) is 22.8 Å². The number of rotatable bonds is 7. The van der Waals surface area contributed by atoms with E-state index in [0.717, 1.165) is 0 Å². The number of ether oxygens (including phenoxy) is 1. The van der Waals surface area contributed by atoms with Gasteiger partial charge in [-0.2, -0.15) is 13.2 Å². The summed E-state index contributed by atoms with van der Waals surface area (Å²) >= 11 is 0. The fourth-order valence-corrected chi connectivity index (χ4v) is 1.15. The van der Waals surface area contributed by atoms with Crippen molar-refractivity contribution >= 4 is 11.9 Å². The van der Waals surface area contributed by atoms with E-state index in [-0.39, 0.29) is 12.3 Å². The first-order valence-corrected chi connectivity index (χ1v) is 5.27. The molecule has 0 spiro atoms. The molecule has 0 radical (unpaired) electrons. The summed E-state index contributed by atoms with van der Waals surface area (Å²) in [6.45, 7) is 1.14. The first kappa shape index (κ1) is 16.7. The molecule has 0 aliphatic heterocycles. The minimum Gasteiger partial charge on any atom is -0.481 e. The number of carboxylic acids is 1. The topological polar surface area (TPSA) is 75.6 Å².